The third-order valence-electron chi connectivity index (χ3n) is 2.28. The largest absolute Gasteiger partial charge is 0.469 e. The highest BCUT2D eigenvalue weighted by molar-refractivity contribution is 7.14. The summed E-state index contributed by atoms with van der Waals surface area (Å²) < 4.78 is 4.55. The van der Waals surface area contributed by atoms with Crippen LogP contribution in [0.1, 0.15) is 10.6 Å². The van der Waals surface area contributed by atoms with Crippen LogP contribution in [0.5, 0.6) is 0 Å². The quantitative estimate of drug-likeness (QED) is 0.681. The topological polar surface area (TPSA) is 68.3 Å². The van der Waals surface area contributed by atoms with Crippen molar-refractivity contribution in [3.05, 3.63) is 39.5 Å². The number of carbonyl (C=O) groups is 2. The summed E-state index contributed by atoms with van der Waals surface area (Å²) in [5.74, 6) is -0.608. The number of hydrogen-bond acceptors (Lipinski definition) is 6. The van der Waals surface area contributed by atoms with E-state index in [-0.39, 0.29) is 18.3 Å². The Morgan fingerprint density at radius 2 is 2.30 bits per heavy atom. The van der Waals surface area contributed by atoms with Gasteiger partial charge in [-0.25, -0.2) is 4.98 Å². The highest BCUT2D eigenvalue weighted by Gasteiger charge is 2.08. The van der Waals surface area contributed by atoms with Gasteiger partial charge in [0, 0.05) is 16.3 Å². The zero-order valence-electron chi connectivity index (χ0n) is 10.7. The number of hydrogen-bond donors (Lipinski definition) is 1. The van der Waals surface area contributed by atoms with Gasteiger partial charge in [0.15, 0.2) is 5.13 Å². The fourth-order valence-electron chi connectivity index (χ4n) is 1.36. The Kier molecular flexibility index (Phi) is 5.03. The van der Waals surface area contributed by atoms with Crippen LogP contribution in [0, 0.1) is 0 Å². The molecule has 7 heteroatoms. The van der Waals surface area contributed by atoms with Crippen LogP contribution in [0.15, 0.2) is 29.0 Å². The summed E-state index contributed by atoms with van der Waals surface area (Å²) in [6, 6.07) is 3.84. The van der Waals surface area contributed by atoms with E-state index in [9.17, 15) is 9.59 Å². The zero-order chi connectivity index (χ0) is 14.4. The molecule has 2 rings (SSSR count). The molecule has 0 aliphatic heterocycles. The Labute approximate surface area is 123 Å². The first kappa shape index (κ1) is 14.4. The minimum atomic E-state index is -0.356. The Hall–Kier alpha value is -1.99. The second kappa shape index (κ2) is 6.97. The molecule has 0 aliphatic carbocycles. The molecular weight excluding hydrogens is 296 g/mol. The van der Waals surface area contributed by atoms with Crippen LogP contribution in [0.4, 0.5) is 5.13 Å². The van der Waals surface area contributed by atoms with Gasteiger partial charge in [0.1, 0.15) is 0 Å². The van der Waals surface area contributed by atoms with Gasteiger partial charge in [-0.1, -0.05) is 6.07 Å². The molecule has 2 aromatic heterocycles. The van der Waals surface area contributed by atoms with E-state index >= 15 is 0 Å². The van der Waals surface area contributed by atoms with Crippen LogP contribution in [-0.2, 0) is 20.7 Å². The number of rotatable bonds is 5. The molecule has 1 N–H and O–H groups in total. The van der Waals surface area contributed by atoms with E-state index in [0.29, 0.717) is 10.8 Å². The number of anilines is 1. The Bertz CT molecular complexity index is 617. The number of amides is 1. The number of methoxy groups -OCH3 is 1. The van der Waals surface area contributed by atoms with Crippen LogP contribution in [0.2, 0.25) is 0 Å². The monoisotopic (exact) mass is 308 g/mol. The molecule has 20 heavy (non-hydrogen) atoms. The number of thiophene rings is 1. The first-order valence-corrected chi connectivity index (χ1v) is 7.47. The molecule has 0 atom stereocenters. The first-order chi connectivity index (χ1) is 9.67. The number of carbonyl (C=O) groups excluding carboxylic acids is 2. The summed E-state index contributed by atoms with van der Waals surface area (Å²) in [5, 5.41) is 6.77. The molecule has 0 saturated carbocycles. The van der Waals surface area contributed by atoms with Gasteiger partial charge in [-0.2, -0.15) is 0 Å². The second-order valence-electron chi connectivity index (χ2n) is 3.73. The van der Waals surface area contributed by atoms with Crippen LogP contribution in [0.3, 0.4) is 0 Å². The lowest BCUT2D eigenvalue weighted by atomic mass is 10.3. The van der Waals surface area contributed by atoms with Gasteiger partial charge in [-0.15, -0.1) is 22.7 Å². The van der Waals surface area contributed by atoms with Gasteiger partial charge < -0.3 is 4.74 Å². The predicted molar refractivity (Wildman–Crippen MR) is 79.8 cm³/mol. The van der Waals surface area contributed by atoms with Gasteiger partial charge in [0.25, 0.3) is 0 Å². The number of nitrogens with zero attached hydrogens (tertiary/aromatic N) is 1. The van der Waals surface area contributed by atoms with Crippen LogP contribution in [0.25, 0.3) is 6.08 Å². The van der Waals surface area contributed by atoms with E-state index in [1.165, 1.54) is 24.5 Å². The van der Waals surface area contributed by atoms with E-state index in [4.69, 9.17) is 0 Å². The van der Waals surface area contributed by atoms with E-state index in [1.807, 2.05) is 17.5 Å². The summed E-state index contributed by atoms with van der Waals surface area (Å²) in [7, 11) is 1.33. The van der Waals surface area contributed by atoms with Gasteiger partial charge >= 0.3 is 5.97 Å². The molecule has 0 unspecified atom stereocenters. The lowest BCUT2D eigenvalue weighted by Gasteiger charge is -1.96. The minimum absolute atomic E-state index is 0.105. The predicted octanol–water partition coefficient (Wildman–Crippen LogP) is 2.57. The van der Waals surface area contributed by atoms with Crippen LogP contribution in [-0.4, -0.2) is 24.0 Å². The molecule has 0 bridgehead atoms. The molecule has 0 radical (unpaired) electrons. The summed E-state index contributed by atoms with van der Waals surface area (Å²) >= 11 is 2.83. The van der Waals surface area contributed by atoms with Gasteiger partial charge in [-0.3, -0.25) is 14.9 Å². The van der Waals surface area contributed by atoms with E-state index in [1.54, 1.807) is 22.8 Å². The minimum Gasteiger partial charge on any atom is -0.469 e. The smallest absolute Gasteiger partial charge is 0.311 e. The summed E-state index contributed by atoms with van der Waals surface area (Å²) in [4.78, 5) is 27.9. The molecule has 2 aromatic rings. The summed E-state index contributed by atoms with van der Waals surface area (Å²) in [6.45, 7) is 0. The fraction of sp³-hybridized carbons (Fsp3) is 0.154. The molecule has 0 aromatic carbocycles. The molecule has 104 valence electrons. The van der Waals surface area contributed by atoms with Crippen molar-refractivity contribution in [2.75, 3.05) is 12.4 Å². The lowest BCUT2D eigenvalue weighted by molar-refractivity contribution is -0.139. The molecule has 2 heterocycles. The lowest BCUT2D eigenvalue weighted by Crippen LogP contribution is -2.08. The average molecular weight is 308 g/mol. The summed E-state index contributed by atoms with van der Waals surface area (Å²) in [6.07, 6.45) is 3.30. The zero-order valence-corrected chi connectivity index (χ0v) is 12.3. The van der Waals surface area contributed by atoms with Crippen molar-refractivity contribution in [1.29, 1.82) is 0 Å². The molecule has 1 amide bonds. The Morgan fingerprint density at radius 3 is 3.00 bits per heavy atom. The molecule has 0 spiro atoms. The average Bonchev–Trinajstić information content (AvgIpc) is 3.08. The molecule has 5 nitrogen and oxygen atoms in total. The van der Waals surface area contributed by atoms with E-state index in [2.05, 4.69) is 15.0 Å². The fourth-order valence-corrected chi connectivity index (χ4v) is 2.69. The normalized spacial score (nSPS) is 10.7. The second-order valence-corrected chi connectivity index (χ2v) is 5.57. The third kappa shape index (κ3) is 4.29. The number of ether oxygens (including phenoxy) is 1. The number of esters is 1. The maximum atomic E-state index is 11.7. The number of aromatic nitrogens is 1. The Morgan fingerprint density at radius 1 is 1.45 bits per heavy atom. The number of thiazole rings is 1. The van der Waals surface area contributed by atoms with Gasteiger partial charge in [0.2, 0.25) is 5.91 Å². The first-order valence-electron chi connectivity index (χ1n) is 5.71. The van der Waals surface area contributed by atoms with Crippen molar-refractivity contribution >= 4 is 45.8 Å². The van der Waals surface area contributed by atoms with Gasteiger partial charge in [0.05, 0.1) is 19.2 Å². The molecule has 0 fully saturated rings. The Balaban J connectivity index is 1.90. The standard InChI is InChI=1S/C13H12N2O3S2/c1-18-12(17)7-9-8-20-13(14-9)15-11(16)5-4-10-3-2-6-19-10/h2-6,8H,7H2,1H3,(H,14,15,16)/b5-4+. The van der Waals surface area contributed by atoms with E-state index in [0.717, 1.165) is 4.88 Å². The van der Waals surface area contributed by atoms with Crippen molar-refractivity contribution in [2.45, 2.75) is 6.42 Å². The molecule has 0 aliphatic rings. The van der Waals surface area contributed by atoms with Crippen molar-refractivity contribution in [3.8, 4) is 0 Å². The maximum Gasteiger partial charge on any atom is 0.311 e. The van der Waals surface area contributed by atoms with Crippen LogP contribution < -0.4 is 5.32 Å². The summed E-state index contributed by atoms with van der Waals surface area (Å²) in [5.41, 5.74) is 0.583. The van der Waals surface area contributed by atoms with Crippen molar-refractivity contribution in [1.82, 2.24) is 4.98 Å². The highest BCUT2D eigenvalue weighted by Crippen LogP contribution is 2.16. The van der Waals surface area contributed by atoms with Crippen molar-refractivity contribution in [2.24, 2.45) is 0 Å². The molecule has 0 saturated heterocycles. The van der Waals surface area contributed by atoms with Crippen molar-refractivity contribution in [3.63, 3.8) is 0 Å². The SMILES string of the molecule is COC(=O)Cc1csc(NC(=O)/C=C/c2cccs2)n1. The third-order valence-corrected chi connectivity index (χ3v) is 3.92. The maximum absolute atomic E-state index is 11.7. The molecular formula is C13H12N2O3S2. The highest BCUT2D eigenvalue weighted by atomic mass is 32.1. The van der Waals surface area contributed by atoms with Crippen molar-refractivity contribution < 1.29 is 14.3 Å². The van der Waals surface area contributed by atoms with Crippen LogP contribution >= 0.6 is 22.7 Å². The van der Waals surface area contributed by atoms with E-state index < -0.39 is 0 Å². The van der Waals surface area contributed by atoms with Gasteiger partial charge in [-0.05, 0) is 17.5 Å². The number of nitrogens with one attached hydrogen (secondary N) is 1.